The molecule has 0 aliphatic carbocycles. The second-order valence-corrected chi connectivity index (χ2v) is 5.48. The zero-order valence-corrected chi connectivity index (χ0v) is 12.3. The van der Waals surface area contributed by atoms with Crippen molar-refractivity contribution in [3.8, 4) is 11.3 Å². The molecule has 0 fully saturated rings. The molecule has 1 aromatic carbocycles. The summed E-state index contributed by atoms with van der Waals surface area (Å²) < 4.78 is 3.92. The van der Waals surface area contributed by atoms with E-state index in [4.69, 9.17) is 0 Å². The highest BCUT2D eigenvalue weighted by molar-refractivity contribution is 5.85. The summed E-state index contributed by atoms with van der Waals surface area (Å²) in [5.74, 6) is 0. The molecule has 110 valence electrons. The Kier molecular flexibility index (Phi) is 2.98. The number of aliphatic hydroxyl groups excluding tert-OH is 1. The minimum Gasteiger partial charge on any atom is -0.373 e. The third-order valence-electron chi connectivity index (χ3n) is 4.07. The van der Waals surface area contributed by atoms with Crippen molar-refractivity contribution < 1.29 is 5.11 Å². The van der Waals surface area contributed by atoms with Crippen LogP contribution in [0.15, 0.2) is 61.1 Å². The van der Waals surface area contributed by atoms with Crippen LogP contribution in [0.25, 0.3) is 27.8 Å². The smallest absolute Gasteiger partial charge is 0.137 e. The first-order valence-corrected chi connectivity index (χ1v) is 7.49. The van der Waals surface area contributed by atoms with E-state index in [9.17, 15) is 5.11 Å². The molecule has 4 heteroatoms. The van der Waals surface area contributed by atoms with Crippen LogP contribution >= 0.6 is 0 Å². The maximum atomic E-state index is 10.0. The lowest BCUT2D eigenvalue weighted by atomic mass is 10.1. The van der Waals surface area contributed by atoms with Gasteiger partial charge in [0.15, 0.2) is 0 Å². The number of hydrogen-bond donors (Lipinski definition) is 1. The summed E-state index contributed by atoms with van der Waals surface area (Å²) in [6.07, 6.45) is 6.19. The van der Waals surface area contributed by atoms with Crippen molar-refractivity contribution in [1.29, 1.82) is 0 Å². The number of pyridine rings is 1. The summed E-state index contributed by atoms with van der Waals surface area (Å²) in [5.41, 5.74) is 4.02. The standard InChI is InChI=1S/C18H17N3O/c1-2-18(22)21-10-8-14-11-13(6-7-16(14)21)15-12-20-9-4-3-5-17(20)19-15/h3-12,18,22H,2H2,1H3/t18-/m1/s1. The average molecular weight is 291 g/mol. The summed E-state index contributed by atoms with van der Waals surface area (Å²) in [5, 5.41) is 11.2. The molecule has 3 heterocycles. The highest BCUT2D eigenvalue weighted by atomic mass is 16.3. The van der Waals surface area contributed by atoms with Gasteiger partial charge >= 0.3 is 0 Å². The molecule has 0 unspecified atom stereocenters. The molecule has 4 aromatic rings. The van der Waals surface area contributed by atoms with Crippen LogP contribution in [-0.2, 0) is 0 Å². The molecule has 0 saturated carbocycles. The zero-order valence-electron chi connectivity index (χ0n) is 12.3. The van der Waals surface area contributed by atoms with Crippen LogP contribution in [0.3, 0.4) is 0 Å². The van der Waals surface area contributed by atoms with Gasteiger partial charge in [0.2, 0.25) is 0 Å². The third-order valence-corrected chi connectivity index (χ3v) is 4.07. The van der Waals surface area contributed by atoms with Crippen LogP contribution in [0.2, 0.25) is 0 Å². The lowest BCUT2D eigenvalue weighted by molar-refractivity contribution is 0.105. The van der Waals surface area contributed by atoms with E-state index in [0.29, 0.717) is 6.42 Å². The van der Waals surface area contributed by atoms with Crippen LogP contribution in [0.5, 0.6) is 0 Å². The Morgan fingerprint density at radius 2 is 2.05 bits per heavy atom. The van der Waals surface area contributed by atoms with Crippen molar-refractivity contribution in [2.45, 2.75) is 19.6 Å². The Morgan fingerprint density at radius 1 is 1.14 bits per heavy atom. The van der Waals surface area contributed by atoms with Crippen LogP contribution in [0.4, 0.5) is 0 Å². The molecule has 0 bridgehead atoms. The Morgan fingerprint density at radius 3 is 2.86 bits per heavy atom. The Hall–Kier alpha value is -2.59. The fraction of sp³-hybridized carbons (Fsp3) is 0.167. The van der Waals surface area contributed by atoms with E-state index in [1.165, 1.54) is 0 Å². The Bertz CT molecular complexity index is 918. The molecule has 1 atom stereocenters. The van der Waals surface area contributed by atoms with Crippen LogP contribution in [0.1, 0.15) is 19.6 Å². The normalized spacial score (nSPS) is 13.0. The van der Waals surface area contributed by atoms with E-state index >= 15 is 0 Å². The summed E-state index contributed by atoms with van der Waals surface area (Å²) in [7, 11) is 0. The maximum Gasteiger partial charge on any atom is 0.137 e. The van der Waals surface area contributed by atoms with Gasteiger partial charge in [0.05, 0.1) is 11.2 Å². The summed E-state index contributed by atoms with van der Waals surface area (Å²) >= 11 is 0. The van der Waals surface area contributed by atoms with E-state index in [2.05, 4.69) is 17.1 Å². The highest BCUT2D eigenvalue weighted by Gasteiger charge is 2.10. The molecule has 3 aromatic heterocycles. The van der Waals surface area contributed by atoms with E-state index in [-0.39, 0.29) is 0 Å². The number of nitrogens with zero attached hydrogens (tertiary/aromatic N) is 3. The van der Waals surface area contributed by atoms with Crippen molar-refractivity contribution in [3.05, 3.63) is 61.1 Å². The van der Waals surface area contributed by atoms with Gasteiger partial charge in [0.25, 0.3) is 0 Å². The average Bonchev–Trinajstić information content (AvgIpc) is 3.17. The van der Waals surface area contributed by atoms with E-state index < -0.39 is 6.23 Å². The molecule has 0 amide bonds. The van der Waals surface area contributed by atoms with Gasteiger partial charge in [0.1, 0.15) is 11.9 Å². The molecule has 0 aliphatic rings. The number of aromatic nitrogens is 3. The third kappa shape index (κ3) is 2.00. The molecule has 4 rings (SSSR count). The molecule has 0 radical (unpaired) electrons. The summed E-state index contributed by atoms with van der Waals surface area (Å²) in [4.78, 5) is 4.65. The van der Waals surface area contributed by atoms with Crippen LogP contribution < -0.4 is 0 Å². The number of rotatable bonds is 3. The number of hydrogen-bond acceptors (Lipinski definition) is 2. The van der Waals surface area contributed by atoms with E-state index in [1.807, 2.05) is 64.8 Å². The number of imidazole rings is 1. The second kappa shape index (κ2) is 5.00. The van der Waals surface area contributed by atoms with Crippen molar-refractivity contribution in [2.75, 3.05) is 0 Å². The van der Waals surface area contributed by atoms with Gasteiger partial charge in [0, 0.05) is 29.5 Å². The maximum absolute atomic E-state index is 10.0. The number of aliphatic hydroxyl groups is 1. The van der Waals surface area contributed by atoms with Crippen molar-refractivity contribution >= 4 is 16.6 Å². The molecular formula is C18H17N3O. The van der Waals surface area contributed by atoms with E-state index in [1.54, 1.807) is 0 Å². The largest absolute Gasteiger partial charge is 0.373 e. The highest BCUT2D eigenvalue weighted by Crippen LogP contribution is 2.26. The number of fused-ring (bicyclic) bond motifs is 2. The molecule has 22 heavy (non-hydrogen) atoms. The van der Waals surface area contributed by atoms with Gasteiger partial charge in [-0.3, -0.25) is 0 Å². The summed E-state index contributed by atoms with van der Waals surface area (Å²) in [6.45, 7) is 1.97. The fourth-order valence-corrected chi connectivity index (χ4v) is 2.85. The molecular weight excluding hydrogens is 274 g/mol. The van der Waals surface area contributed by atoms with Crippen LogP contribution in [0, 0.1) is 0 Å². The second-order valence-electron chi connectivity index (χ2n) is 5.48. The Balaban J connectivity index is 1.82. The summed E-state index contributed by atoms with van der Waals surface area (Å²) in [6, 6.07) is 14.2. The first kappa shape index (κ1) is 13.1. The van der Waals surface area contributed by atoms with Gasteiger partial charge < -0.3 is 14.1 Å². The van der Waals surface area contributed by atoms with Gasteiger partial charge in [-0.05, 0) is 36.8 Å². The first-order valence-electron chi connectivity index (χ1n) is 7.49. The van der Waals surface area contributed by atoms with Crippen molar-refractivity contribution in [2.24, 2.45) is 0 Å². The lowest BCUT2D eigenvalue weighted by Crippen LogP contribution is -2.04. The van der Waals surface area contributed by atoms with Gasteiger partial charge in [-0.1, -0.05) is 19.1 Å². The Labute approximate surface area is 128 Å². The van der Waals surface area contributed by atoms with Gasteiger partial charge in [-0.2, -0.15) is 0 Å². The molecule has 0 aliphatic heterocycles. The van der Waals surface area contributed by atoms with E-state index in [0.717, 1.165) is 27.8 Å². The zero-order chi connectivity index (χ0) is 15.1. The van der Waals surface area contributed by atoms with Crippen molar-refractivity contribution in [1.82, 2.24) is 14.0 Å². The molecule has 4 nitrogen and oxygen atoms in total. The van der Waals surface area contributed by atoms with Gasteiger partial charge in [-0.15, -0.1) is 0 Å². The molecule has 0 spiro atoms. The molecule has 0 saturated heterocycles. The molecule has 1 N–H and O–H groups in total. The minimum absolute atomic E-state index is 0.474. The van der Waals surface area contributed by atoms with Crippen LogP contribution in [-0.4, -0.2) is 19.1 Å². The SMILES string of the molecule is CC[C@@H](O)n1ccc2cc(-c3cn4ccccc4n3)ccc21. The fourth-order valence-electron chi connectivity index (χ4n) is 2.85. The quantitative estimate of drug-likeness (QED) is 0.623. The first-order chi connectivity index (χ1) is 10.8. The van der Waals surface area contributed by atoms with Gasteiger partial charge in [-0.25, -0.2) is 4.98 Å². The monoisotopic (exact) mass is 291 g/mol. The predicted molar refractivity (Wildman–Crippen MR) is 87.7 cm³/mol. The topological polar surface area (TPSA) is 42.5 Å². The van der Waals surface area contributed by atoms with Crippen molar-refractivity contribution in [3.63, 3.8) is 0 Å². The minimum atomic E-state index is -0.474. The number of benzene rings is 1. The lowest BCUT2D eigenvalue weighted by Gasteiger charge is -2.11. The predicted octanol–water partition coefficient (Wildman–Crippen LogP) is 3.86.